The third-order valence-corrected chi connectivity index (χ3v) is 7.75. The zero-order chi connectivity index (χ0) is 28.5. The van der Waals surface area contributed by atoms with E-state index in [1.165, 1.54) is 18.2 Å². The van der Waals surface area contributed by atoms with E-state index in [1.54, 1.807) is 29.7 Å². The Labute approximate surface area is 237 Å². The summed E-state index contributed by atoms with van der Waals surface area (Å²) in [5.74, 6) is -1.37. The van der Waals surface area contributed by atoms with Gasteiger partial charge in [-0.2, -0.15) is 0 Å². The van der Waals surface area contributed by atoms with Crippen LogP contribution in [-0.4, -0.2) is 52.9 Å². The highest BCUT2D eigenvalue weighted by molar-refractivity contribution is 6.11. The molecule has 0 saturated carbocycles. The molecule has 0 unspecified atom stereocenters. The first kappa shape index (κ1) is 26.7. The molecule has 5 aromatic rings. The largest absolute Gasteiger partial charge is 0.485 e. The summed E-state index contributed by atoms with van der Waals surface area (Å²) < 4.78 is 35.7. The molecule has 6 rings (SSSR count). The van der Waals surface area contributed by atoms with E-state index in [2.05, 4.69) is 39.2 Å². The van der Waals surface area contributed by atoms with Crippen LogP contribution >= 0.6 is 0 Å². The fourth-order valence-electron chi connectivity index (χ4n) is 5.52. The van der Waals surface area contributed by atoms with Crippen LogP contribution in [0.4, 0.5) is 20.2 Å². The molecular formula is C32H31F2N5O2. The molecule has 9 heteroatoms. The van der Waals surface area contributed by atoms with Crippen LogP contribution in [0.3, 0.4) is 0 Å². The Balaban J connectivity index is 1.28. The number of amides is 1. The van der Waals surface area contributed by atoms with Crippen LogP contribution in [0.1, 0.15) is 28.7 Å². The van der Waals surface area contributed by atoms with Gasteiger partial charge >= 0.3 is 0 Å². The summed E-state index contributed by atoms with van der Waals surface area (Å²) in [6.07, 6.45) is 1.72. The number of hydrogen-bond donors (Lipinski definition) is 1. The fourth-order valence-corrected chi connectivity index (χ4v) is 5.52. The number of carbonyl (C=O) groups is 1. The minimum atomic E-state index is -0.682. The van der Waals surface area contributed by atoms with E-state index in [0.717, 1.165) is 49.2 Å². The van der Waals surface area contributed by atoms with Gasteiger partial charge in [0.15, 0.2) is 11.4 Å². The monoisotopic (exact) mass is 555 g/mol. The number of aryl methyl sites for hydroxylation is 1. The van der Waals surface area contributed by atoms with Crippen LogP contribution in [0.2, 0.25) is 0 Å². The molecule has 0 bridgehead atoms. The lowest BCUT2D eigenvalue weighted by atomic mass is 10.0. The summed E-state index contributed by atoms with van der Waals surface area (Å²) in [7, 11) is 0. The van der Waals surface area contributed by atoms with Crippen molar-refractivity contribution in [3.63, 3.8) is 0 Å². The number of imidazole rings is 1. The molecular weight excluding hydrogens is 524 g/mol. The van der Waals surface area contributed by atoms with Crippen LogP contribution in [-0.2, 0) is 6.61 Å². The molecule has 3 aromatic carbocycles. The Morgan fingerprint density at radius 3 is 2.39 bits per heavy atom. The number of nitrogens with one attached hydrogen (secondary N) is 1. The average molecular weight is 556 g/mol. The SMILES string of the molecule is CCN1CCN(c2ccc(NC(=O)c3c(C)nc4c(OCc5c(F)cccc5F)cccn34)c3ccccc23)CC1. The number of aromatic nitrogens is 2. The van der Waals surface area contributed by atoms with Crippen molar-refractivity contribution in [1.29, 1.82) is 0 Å². The summed E-state index contributed by atoms with van der Waals surface area (Å²) >= 11 is 0. The second-order valence-electron chi connectivity index (χ2n) is 10.2. The quantitative estimate of drug-likeness (QED) is 0.265. The number of piperazine rings is 1. The smallest absolute Gasteiger partial charge is 0.274 e. The van der Waals surface area contributed by atoms with Crippen molar-refractivity contribution in [2.75, 3.05) is 42.9 Å². The van der Waals surface area contributed by atoms with E-state index < -0.39 is 11.6 Å². The van der Waals surface area contributed by atoms with Crippen molar-refractivity contribution in [2.45, 2.75) is 20.5 Å². The van der Waals surface area contributed by atoms with Crippen molar-refractivity contribution in [3.05, 3.63) is 102 Å². The highest BCUT2D eigenvalue weighted by Gasteiger charge is 2.22. The number of likely N-dealkylation sites (N-methyl/N-ethyl adjacent to an activating group) is 1. The van der Waals surface area contributed by atoms with Gasteiger partial charge in [0.25, 0.3) is 5.91 Å². The Morgan fingerprint density at radius 2 is 1.66 bits per heavy atom. The number of hydrogen-bond acceptors (Lipinski definition) is 5. The first-order valence-electron chi connectivity index (χ1n) is 13.8. The van der Waals surface area contributed by atoms with Gasteiger partial charge in [0.1, 0.15) is 23.9 Å². The standard InChI is InChI=1S/C32H31F2N5O2/c1-3-37-16-18-38(19-17-37)28-14-13-27(22-8-4-5-9-23(22)28)36-32(40)30-21(2)35-31-29(12-7-15-39(30)31)41-20-24-25(33)10-6-11-26(24)34/h4-15H,3,16-20H2,1-2H3,(H,36,40). The lowest BCUT2D eigenvalue weighted by Gasteiger charge is -2.36. The average Bonchev–Trinajstić information content (AvgIpc) is 3.33. The molecule has 1 saturated heterocycles. The van der Waals surface area contributed by atoms with Crippen molar-refractivity contribution < 1.29 is 18.3 Å². The van der Waals surface area contributed by atoms with Gasteiger partial charge in [-0.05, 0) is 49.9 Å². The van der Waals surface area contributed by atoms with Gasteiger partial charge in [0, 0.05) is 54.5 Å². The number of nitrogens with zero attached hydrogens (tertiary/aromatic N) is 4. The summed E-state index contributed by atoms with van der Waals surface area (Å²) in [6.45, 7) is 8.65. The van der Waals surface area contributed by atoms with Gasteiger partial charge < -0.3 is 19.9 Å². The van der Waals surface area contributed by atoms with Gasteiger partial charge in [-0.1, -0.05) is 37.3 Å². The Kier molecular flexibility index (Phi) is 7.28. The number of ether oxygens (including phenoxy) is 1. The number of pyridine rings is 1. The summed E-state index contributed by atoms with van der Waals surface area (Å²) in [4.78, 5) is 23.1. The molecule has 1 N–H and O–H groups in total. The van der Waals surface area contributed by atoms with Crippen LogP contribution < -0.4 is 15.0 Å². The van der Waals surface area contributed by atoms with Crippen LogP contribution in [0, 0.1) is 18.6 Å². The number of halogens is 2. The van der Waals surface area contributed by atoms with Gasteiger partial charge in [0.05, 0.1) is 11.3 Å². The molecule has 1 aliphatic rings. The lowest BCUT2D eigenvalue weighted by Crippen LogP contribution is -2.46. The predicted octanol–water partition coefficient (Wildman–Crippen LogP) is 6.05. The minimum Gasteiger partial charge on any atom is -0.485 e. The van der Waals surface area contributed by atoms with Crippen molar-refractivity contribution in [1.82, 2.24) is 14.3 Å². The van der Waals surface area contributed by atoms with E-state index in [1.807, 2.05) is 24.3 Å². The van der Waals surface area contributed by atoms with Crippen molar-refractivity contribution in [2.24, 2.45) is 0 Å². The predicted molar refractivity (Wildman–Crippen MR) is 157 cm³/mol. The summed E-state index contributed by atoms with van der Waals surface area (Å²) in [6, 6.07) is 19.2. The Bertz CT molecular complexity index is 1720. The van der Waals surface area contributed by atoms with E-state index >= 15 is 0 Å². The van der Waals surface area contributed by atoms with Gasteiger partial charge in [-0.15, -0.1) is 0 Å². The molecule has 41 heavy (non-hydrogen) atoms. The fraction of sp³-hybridized carbons (Fsp3) is 0.250. The van der Waals surface area contributed by atoms with Crippen molar-refractivity contribution in [3.8, 4) is 5.75 Å². The Hall–Kier alpha value is -4.50. The number of anilines is 2. The summed E-state index contributed by atoms with van der Waals surface area (Å²) in [5.41, 5.74) is 2.94. The maximum atomic E-state index is 14.1. The molecule has 3 heterocycles. The van der Waals surface area contributed by atoms with E-state index in [-0.39, 0.29) is 18.1 Å². The first-order chi connectivity index (χ1) is 19.9. The number of fused-ring (bicyclic) bond motifs is 2. The molecule has 2 aromatic heterocycles. The second kappa shape index (κ2) is 11.2. The highest BCUT2D eigenvalue weighted by Crippen LogP contribution is 2.33. The zero-order valence-electron chi connectivity index (χ0n) is 23.0. The topological polar surface area (TPSA) is 62.1 Å². The van der Waals surface area contributed by atoms with Crippen LogP contribution in [0.5, 0.6) is 5.75 Å². The molecule has 1 aliphatic heterocycles. The maximum absolute atomic E-state index is 14.1. The van der Waals surface area contributed by atoms with E-state index in [9.17, 15) is 13.6 Å². The Morgan fingerprint density at radius 1 is 0.927 bits per heavy atom. The van der Waals surface area contributed by atoms with E-state index in [4.69, 9.17) is 4.74 Å². The minimum absolute atomic E-state index is 0.168. The molecule has 7 nitrogen and oxygen atoms in total. The molecule has 0 radical (unpaired) electrons. The van der Waals surface area contributed by atoms with Crippen LogP contribution in [0.15, 0.2) is 72.9 Å². The van der Waals surface area contributed by atoms with E-state index in [0.29, 0.717) is 28.5 Å². The molecule has 1 fully saturated rings. The third kappa shape index (κ3) is 5.09. The van der Waals surface area contributed by atoms with Crippen LogP contribution in [0.25, 0.3) is 16.4 Å². The van der Waals surface area contributed by atoms with Gasteiger partial charge in [0.2, 0.25) is 0 Å². The molecule has 0 aliphatic carbocycles. The maximum Gasteiger partial charge on any atom is 0.274 e. The number of rotatable bonds is 7. The lowest BCUT2D eigenvalue weighted by molar-refractivity contribution is 0.102. The molecule has 0 spiro atoms. The number of benzene rings is 3. The normalized spacial score (nSPS) is 14.1. The van der Waals surface area contributed by atoms with Crippen molar-refractivity contribution >= 4 is 33.7 Å². The second-order valence-corrected chi connectivity index (χ2v) is 10.2. The summed E-state index contributed by atoms with van der Waals surface area (Å²) in [5, 5.41) is 5.13. The highest BCUT2D eigenvalue weighted by atomic mass is 19.1. The molecule has 210 valence electrons. The first-order valence-corrected chi connectivity index (χ1v) is 13.8. The zero-order valence-corrected chi connectivity index (χ0v) is 23.0. The molecule has 1 amide bonds. The number of carbonyl (C=O) groups excluding carboxylic acids is 1. The third-order valence-electron chi connectivity index (χ3n) is 7.75. The van der Waals surface area contributed by atoms with Gasteiger partial charge in [-0.3, -0.25) is 9.20 Å². The molecule has 0 atom stereocenters. The van der Waals surface area contributed by atoms with Gasteiger partial charge in [-0.25, -0.2) is 13.8 Å².